The lowest BCUT2D eigenvalue weighted by atomic mass is 10.1. The number of thioether (sulfide) groups is 1. The van der Waals surface area contributed by atoms with E-state index < -0.39 is 0 Å². The van der Waals surface area contributed by atoms with Crippen LogP contribution in [0.4, 0.5) is 5.69 Å². The molecular weight excluding hydrogens is 436 g/mol. The van der Waals surface area contributed by atoms with Crippen molar-refractivity contribution in [2.75, 3.05) is 24.7 Å². The second-order valence-corrected chi connectivity index (χ2v) is 9.12. The van der Waals surface area contributed by atoms with Gasteiger partial charge in [-0.15, -0.1) is 0 Å². The third kappa shape index (κ3) is 5.46. The molecule has 0 saturated carbocycles. The molecule has 0 fully saturated rings. The average Bonchev–Trinajstić information content (AvgIpc) is 2.81. The minimum atomic E-state index is -0.137. The zero-order chi connectivity index (χ0) is 23.4. The van der Waals surface area contributed by atoms with Gasteiger partial charge in [0.15, 0.2) is 5.16 Å². The van der Waals surface area contributed by atoms with Crippen LogP contribution < -0.4 is 15.6 Å². The Balaban J connectivity index is 1.39. The minimum Gasteiger partial charge on any atom is -0.496 e. The number of ether oxygens (including phenoxy) is 1. The van der Waals surface area contributed by atoms with Gasteiger partial charge in [0, 0.05) is 37.3 Å². The third-order valence-corrected chi connectivity index (χ3v) is 6.80. The van der Waals surface area contributed by atoms with Crippen molar-refractivity contribution in [1.82, 2.24) is 14.9 Å². The van der Waals surface area contributed by atoms with E-state index in [1.54, 1.807) is 7.11 Å². The maximum Gasteiger partial charge on any atom is 0.256 e. The van der Waals surface area contributed by atoms with Crippen LogP contribution >= 0.6 is 11.8 Å². The van der Waals surface area contributed by atoms with Gasteiger partial charge in [0.05, 0.1) is 24.1 Å². The minimum absolute atomic E-state index is 0.128. The zero-order valence-electron chi connectivity index (χ0n) is 19.1. The van der Waals surface area contributed by atoms with E-state index in [0.717, 1.165) is 40.4 Å². The number of amides is 1. The Bertz CT molecular complexity index is 1220. The van der Waals surface area contributed by atoms with E-state index >= 15 is 0 Å². The highest BCUT2D eigenvalue weighted by atomic mass is 32.2. The number of benzene rings is 2. The molecule has 8 heteroatoms. The number of anilines is 1. The van der Waals surface area contributed by atoms with E-state index in [2.05, 4.69) is 20.2 Å². The lowest BCUT2D eigenvalue weighted by Crippen LogP contribution is -2.35. The molecule has 1 aromatic heterocycles. The van der Waals surface area contributed by atoms with Gasteiger partial charge in [-0.3, -0.25) is 14.5 Å². The first-order valence-electron chi connectivity index (χ1n) is 10.9. The molecule has 0 atom stereocenters. The summed E-state index contributed by atoms with van der Waals surface area (Å²) in [5.41, 5.74) is 5.45. The summed E-state index contributed by atoms with van der Waals surface area (Å²) in [5, 5.41) is 3.42. The fraction of sp³-hybridized carbons (Fsp3) is 0.320. The van der Waals surface area contributed by atoms with Gasteiger partial charge in [-0.2, -0.15) is 0 Å². The lowest BCUT2D eigenvalue weighted by Gasteiger charge is -2.28. The maximum atomic E-state index is 12.8. The summed E-state index contributed by atoms with van der Waals surface area (Å²) in [6.45, 7) is 6.04. The Hall–Kier alpha value is -3.10. The van der Waals surface area contributed by atoms with Crippen LogP contribution in [0, 0.1) is 13.8 Å². The Morgan fingerprint density at radius 3 is 2.85 bits per heavy atom. The van der Waals surface area contributed by atoms with Gasteiger partial charge in [-0.1, -0.05) is 42.1 Å². The van der Waals surface area contributed by atoms with Crippen LogP contribution in [0.5, 0.6) is 5.75 Å². The van der Waals surface area contributed by atoms with Crippen LogP contribution in [0.2, 0.25) is 0 Å². The monoisotopic (exact) mass is 464 g/mol. The molecule has 0 aliphatic carbocycles. The number of nitrogens with zero attached hydrogens (tertiary/aromatic N) is 2. The van der Waals surface area contributed by atoms with Crippen molar-refractivity contribution in [1.29, 1.82) is 0 Å². The molecule has 0 bridgehead atoms. The van der Waals surface area contributed by atoms with Gasteiger partial charge in [-0.05, 0) is 37.1 Å². The number of methoxy groups -OCH3 is 1. The lowest BCUT2D eigenvalue weighted by molar-refractivity contribution is -0.113. The van der Waals surface area contributed by atoms with Crippen molar-refractivity contribution in [2.45, 2.75) is 38.5 Å². The van der Waals surface area contributed by atoms with Gasteiger partial charge < -0.3 is 15.0 Å². The molecule has 33 heavy (non-hydrogen) atoms. The molecule has 2 heterocycles. The molecule has 0 unspecified atom stereocenters. The van der Waals surface area contributed by atoms with Crippen molar-refractivity contribution in [3.63, 3.8) is 0 Å². The van der Waals surface area contributed by atoms with E-state index in [4.69, 9.17) is 4.74 Å². The predicted octanol–water partition coefficient (Wildman–Crippen LogP) is 3.68. The Morgan fingerprint density at radius 1 is 1.21 bits per heavy atom. The van der Waals surface area contributed by atoms with Crippen LogP contribution in [0.1, 0.15) is 27.9 Å². The summed E-state index contributed by atoms with van der Waals surface area (Å²) in [5.74, 6) is 0.896. The first-order valence-corrected chi connectivity index (χ1v) is 11.9. The topological polar surface area (TPSA) is 87.3 Å². The van der Waals surface area contributed by atoms with Crippen LogP contribution in [0.25, 0.3) is 0 Å². The number of aromatic amines is 1. The Kier molecular flexibility index (Phi) is 7.15. The molecule has 0 saturated heterocycles. The van der Waals surface area contributed by atoms with Crippen LogP contribution in [0.15, 0.2) is 52.4 Å². The van der Waals surface area contributed by atoms with Gasteiger partial charge in [0.1, 0.15) is 5.75 Å². The van der Waals surface area contributed by atoms with Crippen molar-refractivity contribution in [3.05, 3.63) is 80.8 Å². The highest BCUT2D eigenvalue weighted by Gasteiger charge is 2.22. The maximum absolute atomic E-state index is 12.8. The van der Waals surface area contributed by atoms with E-state index in [-0.39, 0.29) is 17.2 Å². The average molecular weight is 465 g/mol. The quantitative estimate of drug-likeness (QED) is 0.410. The second-order valence-electron chi connectivity index (χ2n) is 8.15. The summed E-state index contributed by atoms with van der Waals surface area (Å²) in [7, 11) is 1.67. The summed E-state index contributed by atoms with van der Waals surface area (Å²) >= 11 is 1.24. The van der Waals surface area contributed by atoms with E-state index in [0.29, 0.717) is 30.2 Å². The SMILES string of the molecule is COc1ccccc1CN1CCc2nc(SCC(=O)Nc3cccc(C)c3C)[nH]c(=O)c2C1. The summed E-state index contributed by atoms with van der Waals surface area (Å²) in [4.78, 5) is 34.9. The van der Waals surface area contributed by atoms with Crippen molar-refractivity contribution >= 4 is 23.4 Å². The van der Waals surface area contributed by atoms with Gasteiger partial charge in [0.25, 0.3) is 5.56 Å². The van der Waals surface area contributed by atoms with Crippen LogP contribution in [-0.4, -0.2) is 40.2 Å². The van der Waals surface area contributed by atoms with Crippen LogP contribution in [0.3, 0.4) is 0 Å². The summed E-state index contributed by atoms with van der Waals surface area (Å²) < 4.78 is 5.45. The first kappa shape index (κ1) is 23.1. The number of rotatable bonds is 7. The Labute approximate surface area is 197 Å². The Morgan fingerprint density at radius 2 is 2.03 bits per heavy atom. The molecule has 4 rings (SSSR count). The normalized spacial score (nSPS) is 13.4. The highest BCUT2D eigenvalue weighted by molar-refractivity contribution is 7.99. The molecule has 0 radical (unpaired) electrons. The fourth-order valence-electron chi connectivity index (χ4n) is 3.94. The number of aryl methyl sites for hydroxylation is 1. The number of carbonyl (C=O) groups excluding carboxylic acids is 1. The summed E-state index contributed by atoms with van der Waals surface area (Å²) in [6, 6.07) is 13.7. The van der Waals surface area contributed by atoms with E-state index in [1.165, 1.54) is 11.8 Å². The molecule has 3 aromatic rings. The second kappa shape index (κ2) is 10.2. The number of fused-ring (bicyclic) bond motifs is 1. The molecular formula is C25H28N4O3S. The first-order chi connectivity index (χ1) is 15.9. The van der Waals surface area contributed by atoms with Gasteiger partial charge in [0.2, 0.25) is 5.91 Å². The zero-order valence-corrected chi connectivity index (χ0v) is 19.9. The fourth-order valence-corrected chi connectivity index (χ4v) is 4.62. The third-order valence-electron chi connectivity index (χ3n) is 5.93. The highest BCUT2D eigenvalue weighted by Crippen LogP contribution is 2.24. The van der Waals surface area contributed by atoms with Crippen molar-refractivity contribution < 1.29 is 9.53 Å². The number of nitrogens with one attached hydrogen (secondary N) is 2. The van der Waals surface area contributed by atoms with Crippen molar-refractivity contribution in [2.24, 2.45) is 0 Å². The summed E-state index contributed by atoms with van der Waals surface area (Å²) in [6.07, 6.45) is 0.691. The van der Waals surface area contributed by atoms with E-state index in [9.17, 15) is 9.59 Å². The van der Waals surface area contributed by atoms with Gasteiger partial charge >= 0.3 is 0 Å². The molecule has 1 amide bonds. The number of aromatic nitrogens is 2. The smallest absolute Gasteiger partial charge is 0.256 e. The standard InChI is InChI=1S/C25H28N4O3S/c1-16-7-6-9-20(17(16)2)26-23(30)15-33-25-27-21-11-12-29(14-19(21)24(31)28-25)13-18-8-4-5-10-22(18)32-3/h4-10H,11-15H2,1-3H3,(H,26,30)(H,27,28,31). The molecule has 2 aromatic carbocycles. The predicted molar refractivity (Wildman–Crippen MR) is 131 cm³/mol. The molecule has 1 aliphatic rings. The number of para-hydroxylation sites is 1. The molecule has 1 aliphatic heterocycles. The molecule has 0 spiro atoms. The number of hydrogen-bond donors (Lipinski definition) is 2. The number of hydrogen-bond acceptors (Lipinski definition) is 6. The molecule has 172 valence electrons. The molecule has 7 nitrogen and oxygen atoms in total. The number of H-pyrrole nitrogens is 1. The van der Waals surface area contributed by atoms with Crippen LogP contribution in [-0.2, 0) is 24.3 Å². The largest absolute Gasteiger partial charge is 0.496 e. The van der Waals surface area contributed by atoms with Gasteiger partial charge in [-0.25, -0.2) is 4.98 Å². The number of carbonyl (C=O) groups is 1. The molecule has 2 N–H and O–H groups in total. The van der Waals surface area contributed by atoms with Crippen molar-refractivity contribution in [3.8, 4) is 5.75 Å². The van der Waals surface area contributed by atoms with E-state index in [1.807, 2.05) is 56.3 Å².